The summed E-state index contributed by atoms with van der Waals surface area (Å²) in [7, 11) is -2.84. The van der Waals surface area contributed by atoms with E-state index in [1.54, 1.807) is 18.2 Å². The number of hydrogen-bond donors (Lipinski definition) is 0. The van der Waals surface area contributed by atoms with Gasteiger partial charge in [-0.2, -0.15) is 0 Å². The Morgan fingerprint density at radius 3 is 1.01 bits per heavy atom. The zero-order valence-electron chi connectivity index (χ0n) is 42.1. The summed E-state index contributed by atoms with van der Waals surface area (Å²) in [5.74, 6) is 0. The summed E-state index contributed by atoms with van der Waals surface area (Å²) in [6.45, 7) is 0. The average molecular weight is 1000 g/mol. The number of hydrogen-bond acceptors (Lipinski definition) is 4. The van der Waals surface area contributed by atoms with Gasteiger partial charge in [0.2, 0.25) is 0 Å². The lowest BCUT2D eigenvalue weighted by Gasteiger charge is -2.25. The lowest BCUT2D eigenvalue weighted by molar-refractivity contribution is 0.627. The lowest BCUT2D eigenvalue weighted by atomic mass is 10.0. The third-order valence-electron chi connectivity index (χ3n) is 13.2. The van der Waals surface area contributed by atoms with Gasteiger partial charge in [0, 0.05) is 68.1 Å². The van der Waals surface area contributed by atoms with Gasteiger partial charge in [0.1, 0.15) is 0 Å². The molecule has 2 heterocycles. The minimum atomic E-state index is -2.84. The number of rotatable bonds is 17. The molecule has 0 atom stereocenters. The molecular formula is C69H52BF2N5. The molecule has 1 aliphatic rings. The van der Waals surface area contributed by atoms with Crippen molar-refractivity contribution in [2.24, 2.45) is 4.99 Å². The summed E-state index contributed by atoms with van der Waals surface area (Å²) in [5, 5.41) is 0. The maximum atomic E-state index is 15.6. The van der Waals surface area contributed by atoms with Crippen LogP contribution in [-0.2, 0) is 0 Å². The Morgan fingerprint density at radius 2 is 0.662 bits per heavy atom. The van der Waals surface area contributed by atoms with E-state index in [1.807, 2.05) is 176 Å². The van der Waals surface area contributed by atoms with Crippen LogP contribution in [0.4, 0.5) is 59.8 Å². The van der Waals surface area contributed by atoms with E-state index in [1.165, 1.54) is 0 Å². The molecule has 0 amide bonds. The predicted octanol–water partition coefficient (Wildman–Crippen LogP) is 19.0. The molecule has 77 heavy (non-hydrogen) atoms. The topological polar surface area (TPSA) is 27.0 Å². The van der Waals surface area contributed by atoms with Gasteiger partial charge in [0.25, 0.3) is 0 Å². The first-order valence-electron chi connectivity index (χ1n) is 25.6. The molecule has 0 saturated heterocycles. The summed E-state index contributed by atoms with van der Waals surface area (Å²) in [6.07, 6.45) is 15.3. The van der Waals surface area contributed by atoms with Crippen LogP contribution in [0.3, 0.4) is 0 Å². The standard InChI is InChI=1S/C69H52BF2N5/c71-70(72)77-66(48-38-54-34-44-64(45-35-54)75(59-23-11-3-12-24-59)60-25-13-4-14-26-60)49-52-69(77)67(50-39-55-36-46-65(47-37-55)76(61-27-15-5-16-28-61)62-29-17-6-18-30-62)68-51-41-56(73-68)40-31-53-32-42-63(43-33-53)74(57-19-7-1-8-20-57)58-21-9-2-10-22-58/h1-52H/b40-31+,48-38+,50-39+,68-67-. The van der Waals surface area contributed by atoms with Crippen molar-refractivity contribution < 1.29 is 8.63 Å². The Balaban J connectivity index is 0.908. The second-order valence-corrected chi connectivity index (χ2v) is 18.3. The van der Waals surface area contributed by atoms with E-state index in [2.05, 4.69) is 136 Å². The molecular weight excluding hydrogens is 948 g/mol. The SMILES string of the molecule is FB(F)n1c(/C=C/c2ccc(N(c3ccccc3)c3ccccc3)cc2)ccc1C(/C=C/c1ccc(N(c2ccccc2)c2ccccc2)cc1)=C1/C=CC(/C=C/c2ccc(N(c3ccccc3)c3ccccc3)cc2)=N1. The van der Waals surface area contributed by atoms with E-state index in [4.69, 9.17) is 4.99 Å². The summed E-state index contributed by atoms with van der Waals surface area (Å²) in [5.41, 5.74) is 14.5. The monoisotopic (exact) mass is 999 g/mol. The Morgan fingerprint density at radius 1 is 0.338 bits per heavy atom. The molecule has 0 radical (unpaired) electrons. The largest absolute Gasteiger partial charge is 0.678 e. The van der Waals surface area contributed by atoms with Gasteiger partial charge >= 0.3 is 7.40 Å². The number of benzene rings is 9. The predicted molar refractivity (Wildman–Crippen MR) is 322 cm³/mol. The van der Waals surface area contributed by atoms with Crippen molar-refractivity contribution in [1.82, 2.24) is 4.48 Å². The normalized spacial score (nSPS) is 12.8. The molecule has 10 aromatic rings. The average Bonchev–Trinajstić information content (AvgIpc) is 4.16. The Labute approximate surface area is 449 Å². The molecule has 1 aromatic heterocycles. The van der Waals surface area contributed by atoms with Crippen LogP contribution in [-0.4, -0.2) is 17.6 Å². The van der Waals surface area contributed by atoms with Crippen molar-refractivity contribution in [2.45, 2.75) is 0 Å². The maximum Gasteiger partial charge on any atom is 0.678 e. The van der Waals surface area contributed by atoms with Crippen molar-refractivity contribution in [3.63, 3.8) is 0 Å². The fraction of sp³-hybridized carbons (Fsp3) is 0. The highest BCUT2D eigenvalue weighted by atomic mass is 19.2. The van der Waals surface area contributed by atoms with Gasteiger partial charge in [0.15, 0.2) is 0 Å². The second-order valence-electron chi connectivity index (χ2n) is 18.3. The van der Waals surface area contributed by atoms with Gasteiger partial charge in [0.05, 0.1) is 11.4 Å². The summed E-state index contributed by atoms with van der Waals surface area (Å²) >= 11 is 0. The molecule has 0 bridgehead atoms. The zero-order valence-corrected chi connectivity index (χ0v) is 42.1. The molecule has 0 fully saturated rings. The van der Waals surface area contributed by atoms with E-state index < -0.39 is 7.40 Å². The minimum Gasteiger partial charge on any atom is -0.325 e. The molecule has 9 aromatic carbocycles. The number of anilines is 9. The highest BCUT2D eigenvalue weighted by molar-refractivity contribution is 6.42. The smallest absolute Gasteiger partial charge is 0.325 e. The van der Waals surface area contributed by atoms with E-state index >= 15 is 8.63 Å². The number of nitrogens with zero attached hydrogens (tertiary/aromatic N) is 5. The van der Waals surface area contributed by atoms with Crippen molar-refractivity contribution in [2.75, 3.05) is 14.7 Å². The first kappa shape index (κ1) is 49.2. The highest BCUT2D eigenvalue weighted by Gasteiger charge is 2.26. The molecule has 11 rings (SSSR count). The quantitative estimate of drug-likeness (QED) is 0.0851. The van der Waals surface area contributed by atoms with Crippen LogP contribution in [0.2, 0.25) is 0 Å². The van der Waals surface area contributed by atoms with Crippen LogP contribution in [0.15, 0.2) is 302 Å². The summed E-state index contributed by atoms with van der Waals surface area (Å²) in [6, 6.07) is 89.8. The molecule has 0 aliphatic carbocycles. The van der Waals surface area contributed by atoms with Crippen LogP contribution in [0.25, 0.3) is 29.9 Å². The Kier molecular flexibility index (Phi) is 15.0. The van der Waals surface area contributed by atoms with E-state index in [-0.39, 0.29) is 0 Å². The fourth-order valence-corrected chi connectivity index (χ4v) is 9.51. The number of halogens is 2. The first-order valence-corrected chi connectivity index (χ1v) is 25.6. The second kappa shape index (κ2) is 23.4. The fourth-order valence-electron chi connectivity index (χ4n) is 9.51. The Hall–Kier alpha value is -10.0. The number of para-hydroxylation sites is 6. The molecule has 370 valence electrons. The van der Waals surface area contributed by atoms with E-state index in [0.717, 1.165) is 72.4 Å². The van der Waals surface area contributed by atoms with Crippen molar-refractivity contribution in [3.8, 4) is 0 Å². The number of aliphatic imine (C=N–C) groups is 1. The van der Waals surface area contributed by atoms with Gasteiger partial charge < -0.3 is 19.2 Å². The van der Waals surface area contributed by atoms with Gasteiger partial charge in [-0.3, -0.25) is 8.63 Å². The van der Waals surface area contributed by atoms with E-state index in [0.29, 0.717) is 28.4 Å². The van der Waals surface area contributed by atoms with Crippen LogP contribution in [0.5, 0.6) is 0 Å². The molecule has 8 heteroatoms. The van der Waals surface area contributed by atoms with Crippen LogP contribution in [0, 0.1) is 0 Å². The van der Waals surface area contributed by atoms with Crippen molar-refractivity contribution in [3.05, 3.63) is 325 Å². The van der Waals surface area contributed by atoms with Crippen LogP contribution in [0.1, 0.15) is 28.1 Å². The van der Waals surface area contributed by atoms with Gasteiger partial charge in [-0.15, -0.1) is 0 Å². The first-order chi connectivity index (χ1) is 38.0. The summed E-state index contributed by atoms with van der Waals surface area (Å²) in [4.78, 5) is 11.7. The van der Waals surface area contributed by atoms with Crippen molar-refractivity contribution in [1.29, 1.82) is 0 Å². The molecule has 0 saturated carbocycles. The van der Waals surface area contributed by atoms with Crippen molar-refractivity contribution >= 4 is 94.2 Å². The van der Waals surface area contributed by atoms with Crippen LogP contribution < -0.4 is 14.7 Å². The third-order valence-corrected chi connectivity index (χ3v) is 13.2. The lowest BCUT2D eigenvalue weighted by Crippen LogP contribution is -2.17. The zero-order chi connectivity index (χ0) is 52.2. The highest BCUT2D eigenvalue weighted by Crippen LogP contribution is 2.38. The minimum absolute atomic E-state index is 0.342. The molecule has 0 N–H and O–H groups in total. The summed E-state index contributed by atoms with van der Waals surface area (Å²) < 4.78 is 32.2. The van der Waals surface area contributed by atoms with Gasteiger partial charge in [-0.05, 0) is 162 Å². The van der Waals surface area contributed by atoms with E-state index in [9.17, 15) is 0 Å². The molecule has 0 unspecified atom stereocenters. The van der Waals surface area contributed by atoms with Gasteiger partial charge in [-0.25, -0.2) is 4.99 Å². The molecule has 1 aliphatic heterocycles. The third kappa shape index (κ3) is 11.5. The molecule has 0 spiro atoms. The number of aromatic nitrogens is 1. The van der Waals surface area contributed by atoms with Crippen LogP contribution >= 0.6 is 0 Å². The van der Waals surface area contributed by atoms with Gasteiger partial charge in [-0.1, -0.05) is 170 Å². The Bertz CT molecular complexity index is 3610. The number of allylic oxidation sites excluding steroid dienone is 5. The molecule has 5 nitrogen and oxygen atoms in total. The maximum absolute atomic E-state index is 15.6.